The Balaban J connectivity index is 2.28. The van der Waals surface area contributed by atoms with Crippen LogP contribution in [0.3, 0.4) is 0 Å². The molecule has 0 aliphatic rings. The van der Waals surface area contributed by atoms with Crippen molar-refractivity contribution < 1.29 is 4.79 Å². The van der Waals surface area contributed by atoms with Crippen molar-refractivity contribution in [1.29, 1.82) is 0 Å². The van der Waals surface area contributed by atoms with E-state index in [1.165, 1.54) is 6.07 Å². The summed E-state index contributed by atoms with van der Waals surface area (Å²) in [5, 5.41) is 3.57. The number of hydrogen-bond acceptors (Lipinski definition) is 2. The van der Waals surface area contributed by atoms with Crippen molar-refractivity contribution in [3.63, 3.8) is 0 Å². The standard InChI is InChI=1S/C13H9BrCl2N2O/c1-7-11(4-5-12(14)17-7)18-13(19)9-6-8(15)2-3-10(9)16/h2-6H,1H3,(H,18,19). The monoisotopic (exact) mass is 358 g/mol. The van der Waals surface area contributed by atoms with Crippen LogP contribution in [0.25, 0.3) is 0 Å². The zero-order valence-electron chi connectivity index (χ0n) is 9.88. The number of nitrogens with zero attached hydrogens (tertiary/aromatic N) is 1. The van der Waals surface area contributed by atoms with E-state index in [1.807, 2.05) is 0 Å². The third-order valence-corrected chi connectivity index (χ3v) is 3.48. The summed E-state index contributed by atoms with van der Waals surface area (Å²) >= 11 is 15.1. The quantitative estimate of drug-likeness (QED) is 0.789. The molecule has 1 heterocycles. The third-order valence-electron chi connectivity index (χ3n) is 2.47. The van der Waals surface area contributed by atoms with Crippen molar-refractivity contribution in [2.75, 3.05) is 5.32 Å². The second-order valence-electron chi connectivity index (χ2n) is 3.85. The van der Waals surface area contributed by atoms with Crippen LogP contribution in [-0.2, 0) is 0 Å². The van der Waals surface area contributed by atoms with E-state index in [-0.39, 0.29) is 5.91 Å². The van der Waals surface area contributed by atoms with Crippen molar-refractivity contribution in [3.8, 4) is 0 Å². The lowest BCUT2D eigenvalue weighted by Crippen LogP contribution is -2.13. The number of nitrogens with one attached hydrogen (secondary N) is 1. The molecule has 0 fully saturated rings. The summed E-state index contributed by atoms with van der Waals surface area (Å²) in [6, 6.07) is 8.27. The van der Waals surface area contributed by atoms with Gasteiger partial charge >= 0.3 is 0 Å². The second kappa shape index (κ2) is 5.90. The molecule has 0 atom stereocenters. The second-order valence-corrected chi connectivity index (χ2v) is 5.50. The normalized spacial score (nSPS) is 10.3. The van der Waals surface area contributed by atoms with E-state index in [4.69, 9.17) is 23.2 Å². The molecule has 0 bridgehead atoms. The minimum Gasteiger partial charge on any atom is -0.320 e. The van der Waals surface area contributed by atoms with Crippen LogP contribution in [0.2, 0.25) is 10.0 Å². The number of aryl methyl sites for hydroxylation is 1. The van der Waals surface area contributed by atoms with Gasteiger partial charge in [0.15, 0.2) is 0 Å². The number of hydrogen-bond donors (Lipinski definition) is 1. The fourth-order valence-electron chi connectivity index (χ4n) is 1.52. The van der Waals surface area contributed by atoms with E-state index in [2.05, 4.69) is 26.2 Å². The van der Waals surface area contributed by atoms with Gasteiger partial charge in [0.2, 0.25) is 0 Å². The van der Waals surface area contributed by atoms with Crippen molar-refractivity contribution in [1.82, 2.24) is 4.98 Å². The Morgan fingerprint density at radius 1 is 1.26 bits per heavy atom. The van der Waals surface area contributed by atoms with Crippen LogP contribution in [-0.4, -0.2) is 10.9 Å². The minimum atomic E-state index is -0.320. The molecule has 0 aliphatic heterocycles. The Bertz CT molecular complexity index is 647. The van der Waals surface area contributed by atoms with E-state index >= 15 is 0 Å². The zero-order valence-corrected chi connectivity index (χ0v) is 13.0. The highest BCUT2D eigenvalue weighted by atomic mass is 79.9. The number of halogens is 3. The van der Waals surface area contributed by atoms with Gasteiger partial charge < -0.3 is 5.32 Å². The van der Waals surface area contributed by atoms with Gasteiger partial charge in [-0.25, -0.2) is 4.98 Å². The van der Waals surface area contributed by atoms with Crippen LogP contribution in [0.5, 0.6) is 0 Å². The molecule has 0 saturated heterocycles. The van der Waals surface area contributed by atoms with Gasteiger partial charge in [-0.15, -0.1) is 0 Å². The molecular weight excluding hydrogens is 351 g/mol. The molecule has 6 heteroatoms. The molecule has 1 N–H and O–H groups in total. The molecule has 19 heavy (non-hydrogen) atoms. The molecule has 0 spiro atoms. The predicted molar refractivity (Wildman–Crippen MR) is 81.1 cm³/mol. The van der Waals surface area contributed by atoms with Crippen LogP contribution >= 0.6 is 39.1 Å². The summed E-state index contributed by atoms with van der Waals surface area (Å²) in [5.41, 5.74) is 1.67. The molecule has 1 aromatic carbocycles. The fourth-order valence-corrected chi connectivity index (χ4v) is 2.30. The first-order valence-corrected chi connectivity index (χ1v) is 6.92. The van der Waals surface area contributed by atoms with Gasteiger partial charge in [0, 0.05) is 5.02 Å². The predicted octanol–water partition coefficient (Wildman–Crippen LogP) is 4.71. The highest BCUT2D eigenvalue weighted by Crippen LogP contribution is 2.23. The molecule has 0 unspecified atom stereocenters. The number of anilines is 1. The topological polar surface area (TPSA) is 42.0 Å². The van der Waals surface area contributed by atoms with Crippen LogP contribution in [0.15, 0.2) is 34.9 Å². The lowest BCUT2D eigenvalue weighted by atomic mass is 10.2. The van der Waals surface area contributed by atoms with Gasteiger partial charge in [0.25, 0.3) is 5.91 Å². The van der Waals surface area contributed by atoms with Gasteiger partial charge in [0.1, 0.15) is 4.60 Å². The molecule has 1 aromatic heterocycles. The average Bonchev–Trinajstić information content (AvgIpc) is 2.35. The van der Waals surface area contributed by atoms with Gasteiger partial charge in [0.05, 0.1) is 22.0 Å². The van der Waals surface area contributed by atoms with Crippen LogP contribution in [0.4, 0.5) is 5.69 Å². The fraction of sp³-hybridized carbons (Fsp3) is 0.0769. The van der Waals surface area contributed by atoms with E-state index in [1.54, 1.807) is 31.2 Å². The number of rotatable bonds is 2. The maximum Gasteiger partial charge on any atom is 0.257 e. The molecular formula is C13H9BrCl2N2O. The molecule has 98 valence electrons. The number of pyridine rings is 1. The minimum absolute atomic E-state index is 0.320. The summed E-state index contributed by atoms with van der Waals surface area (Å²) in [5.74, 6) is -0.320. The molecule has 1 amide bonds. The Kier molecular flexibility index (Phi) is 4.45. The summed E-state index contributed by atoms with van der Waals surface area (Å²) in [6.07, 6.45) is 0. The molecule has 3 nitrogen and oxygen atoms in total. The molecule has 2 aromatic rings. The maximum atomic E-state index is 12.1. The lowest BCUT2D eigenvalue weighted by Gasteiger charge is -2.09. The SMILES string of the molecule is Cc1nc(Br)ccc1NC(=O)c1cc(Cl)ccc1Cl. The van der Waals surface area contributed by atoms with Gasteiger partial charge in [-0.2, -0.15) is 0 Å². The number of benzene rings is 1. The average molecular weight is 360 g/mol. The summed E-state index contributed by atoms with van der Waals surface area (Å²) in [6.45, 7) is 1.81. The number of carbonyl (C=O) groups excluding carboxylic acids is 1. The van der Waals surface area contributed by atoms with Gasteiger partial charge in [-0.3, -0.25) is 4.79 Å². The van der Waals surface area contributed by atoms with Crippen LogP contribution in [0, 0.1) is 6.92 Å². The van der Waals surface area contributed by atoms with Crippen LogP contribution < -0.4 is 5.32 Å². The summed E-state index contributed by atoms with van der Waals surface area (Å²) in [4.78, 5) is 16.3. The first-order chi connectivity index (χ1) is 8.97. The summed E-state index contributed by atoms with van der Waals surface area (Å²) < 4.78 is 0.712. The number of aromatic nitrogens is 1. The number of carbonyl (C=O) groups is 1. The Hall–Kier alpha value is -1.10. The van der Waals surface area contributed by atoms with Crippen molar-refractivity contribution in [2.45, 2.75) is 6.92 Å². The van der Waals surface area contributed by atoms with E-state index in [9.17, 15) is 4.79 Å². The van der Waals surface area contributed by atoms with Crippen molar-refractivity contribution in [2.24, 2.45) is 0 Å². The zero-order chi connectivity index (χ0) is 14.0. The molecule has 0 aliphatic carbocycles. The lowest BCUT2D eigenvalue weighted by molar-refractivity contribution is 0.102. The maximum absolute atomic E-state index is 12.1. The Morgan fingerprint density at radius 3 is 2.68 bits per heavy atom. The van der Waals surface area contributed by atoms with E-state index in [0.29, 0.717) is 31.6 Å². The first kappa shape index (κ1) is 14.3. The molecule has 0 saturated carbocycles. The Labute approximate surface area is 129 Å². The van der Waals surface area contributed by atoms with E-state index < -0.39 is 0 Å². The largest absolute Gasteiger partial charge is 0.320 e. The molecule has 2 rings (SSSR count). The van der Waals surface area contributed by atoms with Crippen LogP contribution in [0.1, 0.15) is 16.1 Å². The van der Waals surface area contributed by atoms with Crippen molar-refractivity contribution in [3.05, 3.63) is 56.2 Å². The van der Waals surface area contributed by atoms with Gasteiger partial charge in [-0.1, -0.05) is 23.2 Å². The van der Waals surface area contributed by atoms with Gasteiger partial charge in [-0.05, 0) is 53.2 Å². The number of amides is 1. The summed E-state index contributed by atoms with van der Waals surface area (Å²) in [7, 11) is 0. The van der Waals surface area contributed by atoms with E-state index in [0.717, 1.165) is 0 Å². The van der Waals surface area contributed by atoms with Crippen molar-refractivity contribution >= 4 is 50.7 Å². The third kappa shape index (κ3) is 3.47. The highest BCUT2D eigenvalue weighted by molar-refractivity contribution is 9.10. The Morgan fingerprint density at radius 2 is 2.00 bits per heavy atom. The first-order valence-electron chi connectivity index (χ1n) is 5.37. The molecule has 0 radical (unpaired) electrons. The highest BCUT2D eigenvalue weighted by Gasteiger charge is 2.12. The smallest absolute Gasteiger partial charge is 0.257 e.